The Hall–Kier alpha value is -2.27. The zero-order valence-corrected chi connectivity index (χ0v) is 12.0. The fourth-order valence-corrected chi connectivity index (χ4v) is 2.26. The number of nitrogens with one attached hydrogen (secondary N) is 1. The quantitative estimate of drug-likeness (QED) is 0.785. The minimum absolute atomic E-state index is 0.186. The van der Waals surface area contributed by atoms with E-state index in [1.165, 1.54) is 6.07 Å². The first-order valence-corrected chi connectivity index (χ1v) is 6.79. The van der Waals surface area contributed by atoms with Crippen molar-refractivity contribution >= 4 is 15.9 Å². The highest BCUT2D eigenvalue weighted by molar-refractivity contribution is 9.10. The molecule has 0 saturated carbocycles. The van der Waals surface area contributed by atoms with E-state index in [1.54, 1.807) is 12.4 Å². The maximum Gasteiger partial charge on any atom is 0.251 e. The van der Waals surface area contributed by atoms with Crippen LogP contribution in [0.15, 0.2) is 64.1 Å². The number of hydrogen-bond acceptors (Lipinski definition) is 3. The van der Waals surface area contributed by atoms with Crippen LogP contribution in [0.2, 0.25) is 0 Å². The number of rotatable bonds is 2. The lowest BCUT2D eigenvalue weighted by Crippen LogP contribution is -2.08. The van der Waals surface area contributed by atoms with Gasteiger partial charge in [0.1, 0.15) is 5.82 Å². The fourth-order valence-electron chi connectivity index (χ4n) is 1.89. The van der Waals surface area contributed by atoms with Crippen LogP contribution in [0.1, 0.15) is 0 Å². The van der Waals surface area contributed by atoms with Gasteiger partial charge in [-0.25, -0.2) is 4.98 Å². The minimum Gasteiger partial charge on any atom is -0.306 e. The Morgan fingerprint density at radius 2 is 1.80 bits per heavy atom. The van der Waals surface area contributed by atoms with Crippen molar-refractivity contribution < 1.29 is 0 Å². The second-order valence-corrected chi connectivity index (χ2v) is 5.15. The molecule has 3 rings (SSSR count). The minimum atomic E-state index is -0.186. The summed E-state index contributed by atoms with van der Waals surface area (Å²) in [5, 5.41) is 0. The molecular formula is C15H10BrN3O. The predicted octanol–water partition coefficient (Wildman–Crippen LogP) is 3.26. The molecule has 0 amide bonds. The molecule has 5 heteroatoms. The zero-order valence-electron chi connectivity index (χ0n) is 10.4. The van der Waals surface area contributed by atoms with Crippen molar-refractivity contribution in [1.82, 2.24) is 15.0 Å². The number of pyridine rings is 1. The van der Waals surface area contributed by atoms with Gasteiger partial charge in [0.2, 0.25) is 0 Å². The number of aromatic nitrogens is 3. The first kappa shape index (κ1) is 12.7. The van der Waals surface area contributed by atoms with Gasteiger partial charge in [-0.05, 0) is 22.0 Å². The van der Waals surface area contributed by atoms with E-state index in [1.807, 2.05) is 36.4 Å². The van der Waals surface area contributed by atoms with Crippen LogP contribution < -0.4 is 5.56 Å². The summed E-state index contributed by atoms with van der Waals surface area (Å²) in [7, 11) is 0. The zero-order chi connectivity index (χ0) is 13.9. The summed E-state index contributed by atoms with van der Waals surface area (Å²) in [6.07, 6.45) is 3.37. The molecular weight excluding hydrogens is 318 g/mol. The highest BCUT2D eigenvalue weighted by Gasteiger charge is 2.06. The topological polar surface area (TPSA) is 58.6 Å². The van der Waals surface area contributed by atoms with Gasteiger partial charge in [-0.1, -0.05) is 30.3 Å². The van der Waals surface area contributed by atoms with Gasteiger partial charge in [-0.2, -0.15) is 0 Å². The Morgan fingerprint density at radius 1 is 1.00 bits per heavy atom. The van der Waals surface area contributed by atoms with E-state index >= 15 is 0 Å². The maximum atomic E-state index is 11.8. The summed E-state index contributed by atoms with van der Waals surface area (Å²) in [6.45, 7) is 0. The van der Waals surface area contributed by atoms with Crippen LogP contribution in [0, 0.1) is 0 Å². The molecule has 0 aliphatic rings. The number of aromatic amines is 1. The molecule has 0 fully saturated rings. The maximum absolute atomic E-state index is 11.8. The number of H-pyrrole nitrogens is 1. The molecule has 3 aromatic rings. The van der Waals surface area contributed by atoms with E-state index in [2.05, 4.69) is 30.9 Å². The van der Waals surface area contributed by atoms with Gasteiger partial charge in [0.15, 0.2) is 0 Å². The van der Waals surface area contributed by atoms with Crippen molar-refractivity contribution in [3.63, 3.8) is 0 Å². The van der Waals surface area contributed by atoms with Crippen molar-refractivity contribution in [3.8, 4) is 22.6 Å². The van der Waals surface area contributed by atoms with E-state index in [0.29, 0.717) is 11.5 Å². The standard InChI is InChI=1S/C15H10BrN3O/c16-12-6-11(8-17-9-12)13-7-14(20)19-15(18-13)10-4-2-1-3-5-10/h1-9H,(H,18,19,20). The predicted molar refractivity (Wildman–Crippen MR) is 81.2 cm³/mol. The molecule has 0 spiro atoms. The van der Waals surface area contributed by atoms with Gasteiger partial charge >= 0.3 is 0 Å². The van der Waals surface area contributed by atoms with Gasteiger partial charge in [0, 0.05) is 34.1 Å². The van der Waals surface area contributed by atoms with E-state index in [-0.39, 0.29) is 5.56 Å². The summed E-state index contributed by atoms with van der Waals surface area (Å²) < 4.78 is 0.846. The molecule has 98 valence electrons. The molecule has 4 nitrogen and oxygen atoms in total. The van der Waals surface area contributed by atoms with Gasteiger partial charge in [-0.3, -0.25) is 9.78 Å². The van der Waals surface area contributed by atoms with Crippen molar-refractivity contribution in [1.29, 1.82) is 0 Å². The Labute approximate surface area is 123 Å². The van der Waals surface area contributed by atoms with Crippen LogP contribution in [0.5, 0.6) is 0 Å². The molecule has 1 aromatic carbocycles. The summed E-state index contributed by atoms with van der Waals surface area (Å²) >= 11 is 3.37. The van der Waals surface area contributed by atoms with Gasteiger partial charge in [0.25, 0.3) is 5.56 Å². The molecule has 0 bridgehead atoms. The first-order valence-electron chi connectivity index (χ1n) is 6.00. The van der Waals surface area contributed by atoms with Gasteiger partial charge < -0.3 is 4.98 Å². The highest BCUT2D eigenvalue weighted by Crippen LogP contribution is 2.21. The molecule has 0 aliphatic carbocycles. The SMILES string of the molecule is O=c1cc(-c2cncc(Br)c2)nc(-c2ccccc2)[nH]1. The van der Waals surface area contributed by atoms with Crippen molar-refractivity contribution in [2.75, 3.05) is 0 Å². The molecule has 0 radical (unpaired) electrons. The summed E-state index contributed by atoms with van der Waals surface area (Å²) in [5.41, 5.74) is 2.08. The average molecular weight is 328 g/mol. The van der Waals surface area contributed by atoms with Gasteiger partial charge in [-0.15, -0.1) is 0 Å². The Balaban J connectivity index is 2.15. The monoisotopic (exact) mass is 327 g/mol. The van der Waals surface area contributed by atoms with Crippen molar-refractivity contribution in [2.24, 2.45) is 0 Å². The molecule has 2 heterocycles. The Morgan fingerprint density at radius 3 is 2.55 bits per heavy atom. The van der Waals surface area contributed by atoms with E-state index < -0.39 is 0 Å². The smallest absolute Gasteiger partial charge is 0.251 e. The van der Waals surface area contributed by atoms with Crippen LogP contribution in [0.4, 0.5) is 0 Å². The van der Waals surface area contributed by atoms with E-state index in [9.17, 15) is 4.79 Å². The van der Waals surface area contributed by atoms with Crippen molar-refractivity contribution in [2.45, 2.75) is 0 Å². The lowest BCUT2D eigenvalue weighted by atomic mass is 10.2. The van der Waals surface area contributed by atoms with Crippen LogP contribution in [-0.2, 0) is 0 Å². The van der Waals surface area contributed by atoms with E-state index in [0.717, 1.165) is 15.6 Å². The highest BCUT2D eigenvalue weighted by atomic mass is 79.9. The summed E-state index contributed by atoms with van der Waals surface area (Å²) in [6, 6.07) is 12.9. The van der Waals surface area contributed by atoms with Crippen LogP contribution in [0.3, 0.4) is 0 Å². The first-order chi connectivity index (χ1) is 9.72. The second-order valence-electron chi connectivity index (χ2n) is 4.24. The average Bonchev–Trinajstić information content (AvgIpc) is 2.47. The third kappa shape index (κ3) is 2.67. The lowest BCUT2D eigenvalue weighted by Gasteiger charge is -2.04. The Kier molecular flexibility index (Phi) is 3.43. The molecule has 0 unspecified atom stereocenters. The molecule has 20 heavy (non-hydrogen) atoms. The third-order valence-corrected chi connectivity index (χ3v) is 3.22. The summed E-state index contributed by atoms with van der Waals surface area (Å²) in [5.74, 6) is 0.549. The number of hydrogen-bond donors (Lipinski definition) is 1. The van der Waals surface area contributed by atoms with Crippen LogP contribution >= 0.6 is 15.9 Å². The molecule has 0 saturated heterocycles. The van der Waals surface area contributed by atoms with Crippen LogP contribution in [-0.4, -0.2) is 15.0 Å². The third-order valence-electron chi connectivity index (χ3n) is 2.79. The Bertz CT molecular complexity index is 799. The number of halogens is 1. The molecule has 2 aromatic heterocycles. The number of nitrogens with zero attached hydrogens (tertiary/aromatic N) is 2. The van der Waals surface area contributed by atoms with Gasteiger partial charge in [0.05, 0.1) is 5.69 Å². The van der Waals surface area contributed by atoms with E-state index in [4.69, 9.17) is 0 Å². The molecule has 0 atom stereocenters. The van der Waals surface area contributed by atoms with Crippen molar-refractivity contribution in [3.05, 3.63) is 69.7 Å². The summed E-state index contributed by atoms with van der Waals surface area (Å²) in [4.78, 5) is 23.2. The largest absolute Gasteiger partial charge is 0.306 e. The normalized spacial score (nSPS) is 10.4. The fraction of sp³-hybridized carbons (Fsp3) is 0. The molecule has 1 N–H and O–H groups in total. The molecule has 0 aliphatic heterocycles. The number of benzene rings is 1. The lowest BCUT2D eigenvalue weighted by molar-refractivity contribution is 1.13. The second kappa shape index (κ2) is 5.38. The van der Waals surface area contributed by atoms with Crippen LogP contribution in [0.25, 0.3) is 22.6 Å².